The van der Waals surface area contributed by atoms with Crippen LogP contribution in [0.2, 0.25) is 5.02 Å². The van der Waals surface area contributed by atoms with Gasteiger partial charge >= 0.3 is 5.97 Å². The molecule has 0 unspecified atom stereocenters. The highest BCUT2D eigenvalue weighted by atomic mass is 35.5. The molecule has 0 aliphatic carbocycles. The number of halogens is 1. The van der Waals surface area contributed by atoms with Gasteiger partial charge in [-0.3, -0.25) is 0 Å². The minimum Gasteiger partial charge on any atom is -0.478 e. The van der Waals surface area contributed by atoms with Gasteiger partial charge in [-0.1, -0.05) is 29.8 Å². The van der Waals surface area contributed by atoms with Crippen LogP contribution in [0.3, 0.4) is 0 Å². The van der Waals surface area contributed by atoms with E-state index in [9.17, 15) is 4.79 Å². The lowest BCUT2D eigenvalue weighted by molar-refractivity contribution is 0.0697. The van der Waals surface area contributed by atoms with Crippen LogP contribution in [-0.2, 0) is 0 Å². The molecule has 19 heavy (non-hydrogen) atoms. The van der Waals surface area contributed by atoms with Crippen LogP contribution in [0.4, 0.5) is 0 Å². The molecule has 94 valence electrons. The Hall–Kier alpha value is -2.26. The van der Waals surface area contributed by atoms with Crippen LogP contribution in [0.15, 0.2) is 52.9 Å². The molecule has 0 spiro atoms. The van der Waals surface area contributed by atoms with Crippen LogP contribution in [0.1, 0.15) is 10.4 Å². The topological polar surface area (TPSA) is 50.4 Å². The summed E-state index contributed by atoms with van der Waals surface area (Å²) in [6, 6.07) is 14.1. The molecule has 0 radical (unpaired) electrons. The van der Waals surface area contributed by atoms with Gasteiger partial charge in [0.15, 0.2) is 0 Å². The van der Waals surface area contributed by atoms with Crippen LogP contribution >= 0.6 is 11.6 Å². The molecule has 1 aromatic heterocycles. The quantitative estimate of drug-likeness (QED) is 0.750. The number of fused-ring (bicyclic) bond motifs is 1. The third kappa shape index (κ3) is 2.09. The molecule has 0 saturated carbocycles. The van der Waals surface area contributed by atoms with Gasteiger partial charge in [-0.25, -0.2) is 4.79 Å². The molecular weight excluding hydrogens is 264 g/mol. The first kappa shape index (κ1) is 11.8. The normalized spacial score (nSPS) is 10.8. The molecule has 2 aromatic carbocycles. The van der Waals surface area contributed by atoms with Crippen molar-refractivity contribution in [1.29, 1.82) is 0 Å². The van der Waals surface area contributed by atoms with Gasteiger partial charge in [0.1, 0.15) is 11.3 Å². The number of carboxylic acid groups (broad SMARTS) is 1. The molecule has 3 aromatic rings. The van der Waals surface area contributed by atoms with Gasteiger partial charge in [-0.15, -0.1) is 0 Å². The van der Waals surface area contributed by atoms with Crippen LogP contribution in [0.25, 0.3) is 22.3 Å². The molecule has 0 aliphatic heterocycles. The SMILES string of the molecule is O=C(O)c1ccc(-c2cc3ccccc3o2)c(Cl)c1. The highest BCUT2D eigenvalue weighted by Crippen LogP contribution is 2.33. The number of aromatic carboxylic acids is 1. The molecule has 0 fully saturated rings. The summed E-state index contributed by atoms with van der Waals surface area (Å²) in [7, 11) is 0. The Morgan fingerprint density at radius 2 is 1.89 bits per heavy atom. The molecule has 4 heteroatoms. The van der Waals surface area contributed by atoms with Crippen LogP contribution in [0.5, 0.6) is 0 Å². The van der Waals surface area contributed by atoms with Gasteiger partial charge in [0.05, 0.1) is 10.6 Å². The van der Waals surface area contributed by atoms with Crippen molar-refractivity contribution >= 4 is 28.5 Å². The van der Waals surface area contributed by atoms with E-state index in [0.717, 1.165) is 11.0 Å². The van der Waals surface area contributed by atoms with E-state index in [1.165, 1.54) is 12.1 Å². The van der Waals surface area contributed by atoms with Gasteiger partial charge in [0.2, 0.25) is 0 Å². The summed E-state index contributed by atoms with van der Waals surface area (Å²) in [6.07, 6.45) is 0. The molecular formula is C15H9ClO3. The zero-order valence-electron chi connectivity index (χ0n) is 9.76. The molecule has 1 heterocycles. The Labute approximate surface area is 114 Å². The number of para-hydroxylation sites is 1. The van der Waals surface area contributed by atoms with Crippen molar-refractivity contribution in [1.82, 2.24) is 0 Å². The maximum atomic E-state index is 10.9. The van der Waals surface area contributed by atoms with Crippen LogP contribution < -0.4 is 0 Å². The van der Waals surface area contributed by atoms with Gasteiger partial charge < -0.3 is 9.52 Å². The lowest BCUT2D eigenvalue weighted by Gasteiger charge is -2.01. The molecule has 0 amide bonds. The summed E-state index contributed by atoms with van der Waals surface area (Å²) < 4.78 is 5.70. The standard InChI is InChI=1S/C15H9ClO3/c16-12-7-10(15(17)18)5-6-11(12)14-8-9-3-1-2-4-13(9)19-14/h1-8H,(H,17,18). The van der Waals surface area contributed by atoms with E-state index in [4.69, 9.17) is 21.1 Å². The number of hydrogen-bond donors (Lipinski definition) is 1. The van der Waals surface area contributed by atoms with E-state index in [-0.39, 0.29) is 5.56 Å². The number of carboxylic acids is 1. The third-order valence-electron chi connectivity index (χ3n) is 2.91. The first-order chi connectivity index (χ1) is 9.15. The fraction of sp³-hybridized carbons (Fsp3) is 0. The van der Waals surface area contributed by atoms with Crippen molar-refractivity contribution in [3.8, 4) is 11.3 Å². The summed E-state index contributed by atoms with van der Waals surface area (Å²) in [5.74, 6) is -0.374. The number of benzene rings is 2. The summed E-state index contributed by atoms with van der Waals surface area (Å²) in [6.45, 7) is 0. The number of rotatable bonds is 2. The molecule has 0 atom stereocenters. The van der Waals surface area contributed by atoms with E-state index < -0.39 is 5.97 Å². The van der Waals surface area contributed by atoms with E-state index in [1.807, 2.05) is 30.3 Å². The lowest BCUT2D eigenvalue weighted by atomic mass is 10.1. The second kappa shape index (κ2) is 4.44. The van der Waals surface area contributed by atoms with Crippen molar-refractivity contribution in [2.75, 3.05) is 0 Å². The minimum absolute atomic E-state index is 0.157. The van der Waals surface area contributed by atoms with Crippen molar-refractivity contribution in [3.63, 3.8) is 0 Å². The monoisotopic (exact) mass is 272 g/mol. The maximum absolute atomic E-state index is 10.9. The summed E-state index contributed by atoms with van der Waals surface area (Å²) in [5.41, 5.74) is 1.61. The predicted molar refractivity (Wildman–Crippen MR) is 73.6 cm³/mol. The van der Waals surface area contributed by atoms with Crippen molar-refractivity contribution in [2.24, 2.45) is 0 Å². The summed E-state index contributed by atoms with van der Waals surface area (Å²) >= 11 is 6.11. The van der Waals surface area contributed by atoms with Gasteiger partial charge in [0, 0.05) is 10.9 Å². The molecule has 0 bridgehead atoms. The van der Waals surface area contributed by atoms with Crippen LogP contribution in [-0.4, -0.2) is 11.1 Å². The molecule has 3 rings (SSSR count). The average Bonchev–Trinajstić information content (AvgIpc) is 2.81. The average molecular weight is 273 g/mol. The second-order valence-electron chi connectivity index (χ2n) is 4.15. The fourth-order valence-electron chi connectivity index (χ4n) is 1.96. The summed E-state index contributed by atoms with van der Waals surface area (Å²) in [4.78, 5) is 10.9. The minimum atomic E-state index is -1.00. The van der Waals surface area contributed by atoms with E-state index in [0.29, 0.717) is 16.3 Å². The fourth-order valence-corrected chi connectivity index (χ4v) is 2.24. The largest absolute Gasteiger partial charge is 0.478 e. The van der Waals surface area contributed by atoms with Gasteiger partial charge in [-0.2, -0.15) is 0 Å². The highest BCUT2D eigenvalue weighted by molar-refractivity contribution is 6.33. The smallest absolute Gasteiger partial charge is 0.335 e. The second-order valence-corrected chi connectivity index (χ2v) is 4.56. The van der Waals surface area contributed by atoms with Crippen LogP contribution in [0, 0.1) is 0 Å². The first-order valence-electron chi connectivity index (χ1n) is 5.67. The van der Waals surface area contributed by atoms with Crippen molar-refractivity contribution < 1.29 is 14.3 Å². The number of furan rings is 1. The van der Waals surface area contributed by atoms with Gasteiger partial charge in [0.25, 0.3) is 0 Å². The molecule has 3 nitrogen and oxygen atoms in total. The van der Waals surface area contributed by atoms with Gasteiger partial charge in [-0.05, 0) is 30.3 Å². The Morgan fingerprint density at radius 3 is 2.58 bits per heavy atom. The lowest BCUT2D eigenvalue weighted by Crippen LogP contribution is -1.95. The Balaban J connectivity index is 2.13. The molecule has 0 aliphatic rings. The number of hydrogen-bond acceptors (Lipinski definition) is 2. The van der Waals surface area contributed by atoms with Crippen molar-refractivity contribution in [2.45, 2.75) is 0 Å². The Morgan fingerprint density at radius 1 is 1.11 bits per heavy atom. The van der Waals surface area contributed by atoms with E-state index in [2.05, 4.69) is 0 Å². The zero-order chi connectivity index (χ0) is 13.4. The van der Waals surface area contributed by atoms with E-state index in [1.54, 1.807) is 6.07 Å². The molecule has 0 saturated heterocycles. The third-order valence-corrected chi connectivity index (χ3v) is 3.22. The zero-order valence-corrected chi connectivity index (χ0v) is 10.5. The van der Waals surface area contributed by atoms with E-state index >= 15 is 0 Å². The Bertz CT molecular complexity index is 741. The Kier molecular flexibility index (Phi) is 2.76. The predicted octanol–water partition coefficient (Wildman–Crippen LogP) is 4.45. The number of carbonyl (C=O) groups is 1. The summed E-state index contributed by atoms with van der Waals surface area (Å²) in [5, 5.41) is 10.2. The highest BCUT2D eigenvalue weighted by Gasteiger charge is 2.12. The van der Waals surface area contributed by atoms with Crippen molar-refractivity contribution in [3.05, 3.63) is 59.1 Å². The molecule has 1 N–H and O–H groups in total. The first-order valence-corrected chi connectivity index (χ1v) is 6.05. The maximum Gasteiger partial charge on any atom is 0.335 e.